The summed E-state index contributed by atoms with van der Waals surface area (Å²) >= 11 is 0. The van der Waals surface area contributed by atoms with Crippen LogP contribution in [-0.2, 0) is 16.0 Å². The maximum absolute atomic E-state index is 12.8. The second-order valence-electron chi connectivity index (χ2n) is 7.39. The van der Waals surface area contributed by atoms with Crippen LogP contribution in [0.5, 0.6) is 5.75 Å². The molecule has 0 aliphatic carbocycles. The Morgan fingerprint density at radius 1 is 1.27 bits per heavy atom. The van der Waals surface area contributed by atoms with Crippen molar-refractivity contribution in [1.29, 1.82) is 0 Å². The van der Waals surface area contributed by atoms with Gasteiger partial charge >= 0.3 is 0 Å². The molecule has 0 unspecified atom stereocenters. The number of β-amino-alcohol motifs (C(OH)–C–C–N with tert-alkyl or cyclic N) is 1. The first kappa shape index (κ1) is 19.1. The van der Waals surface area contributed by atoms with Crippen LogP contribution in [0.2, 0.25) is 0 Å². The number of aliphatic hydroxyl groups is 1. The summed E-state index contributed by atoms with van der Waals surface area (Å²) < 4.78 is 11.0. The Bertz CT molecular complexity index is 603. The standard InChI is InChI=1S/C20H30N2O4/c1-25-18-7-3-2-6-17(18)8-9-19(23)22-12-13-26-16-20(24,15-22)14-21-10-4-5-11-21/h2-3,6-7,24H,4-5,8-16H2,1H3/t20-/m0/s1. The minimum absolute atomic E-state index is 0.0567. The van der Waals surface area contributed by atoms with E-state index in [9.17, 15) is 9.90 Å². The highest BCUT2D eigenvalue weighted by Crippen LogP contribution is 2.21. The summed E-state index contributed by atoms with van der Waals surface area (Å²) in [6, 6.07) is 7.78. The number of carbonyl (C=O) groups is 1. The first-order chi connectivity index (χ1) is 12.6. The molecular weight excluding hydrogens is 332 g/mol. The lowest BCUT2D eigenvalue weighted by Crippen LogP contribution is -2.53. The van der Waals surface area contributed by atoms with Crippen LogP contribution in [0.1, 0.15) is 24.8 Å². The van der Waals surface area contributed by atoms with Gasteiger partial charge in [0.05, 0.1) is 26.9 Å². The lowest BCUT2D eigenvalue weighted by molar-refractivity contribution is -0.134. The number of ether oxygens (including phenoxy) is 2. The number of benzene rings is 1. The number of rotatable bonds is 6. The average molecular weight is 362 g/mol. The van der Waals surface area contributed by atoms with Gasteiger partial charge in [-0.25, -0.2) is 0 Å². The summed E-state index contributed by atoms with van der Waals surface area (Å²) in [5.41, 5.74) is 0.0442. The van der Waals surface area contributed by atoms with E-state index in [2.05, 4.69) is 4.90 Å². The molecule has 2 aliphatic heterocycles. The largest absolute Gasteiger partial charge is 0.496 e. The minimum Gasteiger partial charge on any atom is -0.496 e. The van der Waals surface area contributed by atoms with Crippen molar-refractivity contribution in [3.63, 3.8) is 0 Å². The van der Waals surface area contributed by atoms with Gasteiger partial charge in [-0.2, -0.15) is 0 Å². The van der Waals surface area contributed by atoms with Crippen molar-refractivity contribution in [2.75, 3.05) is 53.0 Å². The van der Waals surface area contributed by atoms with Crippen LogP contribution in [0, 0.1) is 0 Å². The highest BCUT2D eigenvalue weighted by Gasteiger charge is 2.36. The summed E-state index contributed by atoms with van der Waals surface area (Å²) in [4.78, 5) is 16.8. The molecule has 1 atom stereocenters. The number of aryl methyl sites for hydroxylation is 1. The van der Waals surface area contributed by atoms with Gasteiger partial charge in [-0.15, -0.1) is 0 Å². The highest BCUT2D eigenvalue weighted by atomic mass is 16.5. The summed E-state index contributed by atoms with van der Waals surface area (Å²) in [6.45, 7) is 4.25. The Kier molecular flexibility index (Phi) is 6.51. The van der Waals surface area contributed by atoms with Gasteiger partial charge in [0.25, 0.3) is 0 Å². The normalized spacial score (nSPS) is 24.5. The molecule has 1 aromatic carbocycles. The van der Waals surface area contributed by atoms with E-state index in [-0.39, 0.29) is 5.91 Å². The van der Waals surface area contributed by atoms with E-state index in [0.29, 0.717) is 45.7 Å². The van der Waals surface area contributed by atoms with Crippen molar-refractivity contribution in [2.45, 2.75) is 31.3 Å². The van der Waals surface area contributed by atoms with E-state index >= 15 is 0 Å². The van der Waals surface area contributed by atoms with Crippen LogP contribution in [0.4, 0.5) is 0 Å². The van der Waals surface area contributed by atoms with Crippen LogP contribution < -0.4 is 4.74 Å². The number of carbonyl (C=O) groups excluding carboxylic acids is 1. The number of hydrogen-bond donors (Lipinski definition) is 1. The molecule has 2 fully saturated rings. The van der Waals surface area contributed by atoms with E-state index < -0.39 is 5.60 Å². The Balaban J connectivity index is 1.58. The number of methoxy groups -OCH3 is 1. The van der Waals surface area contributed by atoms with Gasteiger partial charge < -0.3 is 24.4 Å². The van der Waals surface area contributed by atoms with Gasteiger partial charge in [0.15, 0.2) is 0 Å². The predicted molar refractivity (Wildman–Crippen MR) is 99.3 cm³/mol. The average Bonchev–Trinajstić information content (AvgIpc) is 3.07. The second-order valence-corrected chi connectivity index (χ2v) is 7.39. The Labute approximate surface area is 155 Å². The van der Waals surface area contributed by atoms with E-state index in [0.717, 1.165) is 24.4 Å². The summed E-state index contributed by atoms with van der Waals surface area (Å²) in [5.74, 6) is 0.867. The molecule has 0 spiro atoms. The molecule has 2 aliphatic rings. The maximum Gasteiger partial charge on any atom is 0.223 e. The molecule has 1 N–H and O–H groups in total. The zero-order valence-electron chi connectivity index (χ0n) is 15.7. The molecule has 3 rings (SSSR count). The van der Waals surface area contributed by atoms with Crippen LogP contribution in [0.15, 0.2) is 24.3 Å². The van der Waals surface area contributed by atoms with E-state index in [1.54, 1.807) is 12.0 Å². The maximum atomic E-state index is 12.8. The fourth-order valence-corrected chi connectivity index (χ4v) is 3.89. The van der Waals surface area contributed by atoms with Gasteiger partial charge in [-0.1, -0.05) is 18.2 Å². The molecule has 6 heteroatoms. The molecule has 2 saturated heterocycles. The quantitative estimate of drug-likeness (QED) is 0.827. The molecule has 26 heavy (non-hydrogen) atoms. The summed E-state index contributed by atoms with van der Waals surface area (Å²) in [6.07, 6.45) is 3.39. The number of amides is 1. The summed E-state index contributed by atoms with van der Waals surface area (Å²) in [7, 11) is 1.64. The van der Waals surface area contributed by atoms with Crippen LogP contribution in [-0.4, -0.2) is 79.5 Å². The second kappa shape index (κ2) is 8.84. The van der Waals surface area contributed by atoms with Crippen LogP contribution in [0.3, 0.4) is 0 Å². The first-order valence-electron chi connectivity index (χ1n) is 9.52. The molecule has 1 amide bonds. The van der Waals surface area contributed by atoms with Crippen LogP contribution >= 0.6 is 0 Å². The van der Waals surface area contributed by atoms with Gasteiger partial charge in [-0.05, 0) is 44.0 Å². The Hall–Kier alpha value is -1.63. The fraction of sp³-hybridized carbons (Fsp3) is 0.650. The van der Waals surface area contributed by atoms with Crippen molar-refractivity contribution >= 4 is 5.91 Å². The van der Waals surface area contributed by atoms with Gasteiger partial charge in [0.2, 0.25) is 5.91 Å². The molecule has 144 valence electrons. The molecule has 0 aromatic heterocycles. The van der Waals surface area contributed by atoms with Crippen LogP contribution in [0.25, 0.3) is 0 Å². The van der Waals surface area contributed by atoms with Gasteiger partial charge in [-0.3, -0.25) is 4.79 Å². The minimum atomic E-state index is -0.985. The number of nitrogens with zero attached hydrogens (tertiary/aromatic N) is 2. The third-order valence-electron chi connectivity index (χ3n) is 5.23. The zero-order chi connectivity index (χ0) is 18.4. The number of likely N-dealkylation sites (tertiary alicyclic amines) is 1. The highest BCUT2D eigenvalue weighted by molar-refractivity contribution is 5.76. The van der Waals surface area contributed by atoms with Crippen molar-refractivity contribution in [3.05, 3.63) is 29.8 Å². The van der Waals surface area contributed by atoms with E-state index in [4.69, 9.17) is 9.47 Å². The molecule has 0 radical (unpaired) electrons. The van der Waals surface area contributed by atoms with Gasteiger partial charge in [0.1, 0.15) is 11.4 Å². The SMILES string of the molecule is COc1ccccc1CCC(=O)N1CCOC[C@](O)(CN2CCCC2)C1. The van der Waals surface area contributed by atoms with Crippen molar-refractivity contribution in [1.82, 2.24) is 9.80 Å². The molecule has 0 bridgehead atoms. The Morgan fingerprint density at radius 2 is 2.04 bits per heavy atom. The molecule has 1 aromatic rings. The third kappa shape index (κ3) is 4.96. The lowest BCUT2D eigenvalue weighted by Gasteiger charge is -2.34. The first-order valence-corrected chi connectivity index (χ1v) is 9.52. The van der Waals surface area contributed by atoms with Crippen molar-refractivity contribution in [2.24, 2.45) is 0 Å². The Morgan fingerprint density at radius 3 is 2.81 bits per heavy atom. The molecular formula is C20H30N2O4. The summed E-state index contributed by atoms with van der Waals surface area (Å²) in [5, 5.41) is 11.0. The van der Waals surface area contributed by atoms with Crippen molar-refractivity contribution in [3.8, 4) is 5.75 Å². The van der Waals surface area contributed by atoms with E-state index in [1.807, 2.05) is 24.3 Å². The monoisotopic (exact) mass is 362 g/mol. The zero-order valence-corrected chi connectivity index (χ0v) is 15.7. The number of para-hydroxylation sites is 1. The molecule has 0 saturated carbocycles. The number of hydrogen-bond acceptors (Lipinski definition) is 5. The van der Waals surface area contributed by atoms with Crippen molar-refractivity contribution < 1.29 is 19.4 Å². The smallest absolute Gasteiger partial charge is 0.223 e. The topological polar surface area (TPSA) is 62.2 Å². The fourth-order valence-electron chi connectivity index (χ4n) is 3.89. The predicted octanol–water partition coefficient (Wildman–Crippen LogP) is 1.31. The lowest BCUT2D eigenvalue weighted by atomic mass is 10.0. The molecule has 2 heterocycles. The van der Waals surface area contributed by atoms with Gasteiger partial charge in [0, 0.05) is 19.5 Å². The third-order valence-corrected chi connectivity index (χ3v) is 5.23. The van der Waals surface area contributed by atoms with E-state index in [1.165, 1.54) is 12.8 Å². The molecule has 6 nitrogen and oxygen atoms in total.